The molecule has 1 saturated heterocycles. The van der Waals surface area contributed by atoms with Gasteiger partial charge >= 0.3 is 0 Å². The van der Waals surface area contributed by atoms with Crippen LogP contribution < -0.4 is 5.32 Å². The third kappa shape index (κ3) is 8.19. The summed E-state index contributed by atoms with van der Waals surface area (Å²) in [5.41, 5.74) is 1.14. The summed E-state index contributed by atoms with van der Waals surface area (Å²) in [7, 11) is 0. The van der Waals surface area contributed by atoms with Crippen molar-refractivity contribution in [2.45, 2.75) is 32.7 Å². The summed E-state index contributed by atoms with van der Waals surface area (Å²) < 4.78 is 0. The van der Waals surface area contributed by atoms with Crippen molar-refractivity contribution in [3.63, 3.8) is 0 Å². The summed E-state index contributed by atoms with van der Waals surface area (Å²) in [6, 6.07) is 11.3. The number of benzene rings is 1. The maximum Gasteiger partial charge on any atom is 0.223 e. The van der Waals surface area contributed by atoms with Gasteiger partial charge in [0.25, 0.3) is 0 Å². The first-order valence-corrected chi connectivity index (χ1v) is 8.92. The summed E-state index contributed by atoms with van der Waals surface area (Å²) in [5, 5.41) is 4.48. The van der Waals surface area contributed by atoms with E-state index in [0.29, 0.717) is 0 Å². The van der Waals surface area contributed by atoms with Crippen LogP contribution in [0.1, 0.15) is 38.3 Å². The summed E-state index contributed by atoms with van der Waals surface area (Å²) in [4.78, 5) is 15.3. The van der Waals surface area contributed by atoms with Crippen molar-refractivity contribution >= 4 is 29.1 Å². The van der Waals surface area contributed by atoms with Crippen LogP contribution >= 0.6 is 23.2 Å². The lowest BCUT2D eigenvalue weighted by molar-refractivity contribution is -0.127. The van der Waals surface area contributed by atoms with E-state index in [2.05, 4.69) is 16.9 Å². The van der Waals surface area contributed by atoms with Crippen molar-refractivity contribution in [1.82, 2.24) is 10.3 Å². The number of carbonyl (C=O) groups is 1. The van der Waals surface area contributed by atoms with Gasteiger partial charge in [0.15, 0.2) is 0 Å². The van der Waals surface area contributed by atoms with Crippen molar-refractivity contribution in [2.75, 3.05) is 0 Å². The van der Waals surface area contributed by atoms with Gasteiger partial charge in [-0.2, -0.15) is 0 Å². The Bertz CT molecular complexity index is 645. The summed E-state index contributed by atoms with van der Waals surface area (Å²) >= 11 is 11.3. The molecule has 1 fully saturated rings. The highest BCUT2D eigenvalue weighted by molar-refractivity contribution is 6.30. The lowest BCUT2D eigenvalue weighted by Gasteiger charge is -2.27. The van der Waals surface area contributed by atoms with E-state index in [4.69, 9.17) is 23.2 Å². The van der Waals surface area contributed by atoms with Gasteiger partial charge in [0.1, 0.15) is 0 Å². The maximum atomic E-state index is 11.5. The van der Waals surface area contributed by atoms with Crippen LogP contribution in [0.3, 0.4) is 0 Å². The molecule has 3 nitrogen and oxygen atoms in total. The highest BCUT2D eigenvalue weighted by Crippen LogP contribution is 2.26. The molecule has 1 N–H and O–H groups in total. The Balaban J connectivity index is 0.000000260. The Kier molecular flexibility index (Phi) is 9.90. The number of hydrogen-bond acceptors (Lipinski definition) is 2. The molecule has 2 aromatic rings. The van der Waals surface area contributed by atoms with Gasteiger partial charge in [0.05, 0.1) is 6.04 Å². The Morgan fingerprint density at radius 3 is 2.04 bits per heavy atom. The Labute approximate surface area is 160 Å². The van der Waals surface area contributed by atoms with Crippen LogP contribution in [0.5, 0.6) is 0 Å². The van der Waals surface area contributed by atoms with Gasteiger partial charge in [-0.1, -0.05) is 48.3 Å². The molecule has 1 aromatic heterocycles. The number of hydrogen-bond donors (Lipinski definition) is 1. The summed E-state index contributed by atoms with van der Waals surface area (Å²) in [5.74, 6) is 0.301. The van der Waals surface area contributed by atoms with Crippen LogP contribution in [0.25, 0.3) is 0 Å². The van der Waals surface area contributed by atoms with E-state index in [1.807, 2.05) is 38.1 Å². The van der Waals surface area contributed by atoms with Crippen molar-refractivity contribution in [3.05, 3.63) is 77.1 Å². The topological polar surface area (TPSA) is 42.0 Å². The molecule has 2 atom stereocenters. The highest BCUT2D eigenvalue weighted by atomic mass is 35.5. The second-order valence-electron chi connectivity index (χ2n) is 5.66. The summed E-state index contributed by atoms with van der Waals surface area (Å²) in [6.07, 6.45) is 7.03. The number of aromatic nitrogens is 1. The summed E-state index contributed by atoms with van der Waals surface area (Å²) in [6.45, 7) is 7.22. The van der Waals surface area contributed by atoms with Gasteiger partial charge in [-0.05, 0) is 49.6 Å². The van der Waals surface area contributed by atoms with Crippen LogP contribution in [0, 0.1) is 5.92 Å². The SMILES string of the molecule is C=CC.CC1CCC(c2ccc(Cl)cc2)NC1=O.Clc1ccncc1. The molecule has 3 rings (SSSR count). The molecule has 0 radical (unpaired) electrons. The van der Waals surface area contributed by atoms with Crippen LogP contribution in [0.2, 0.25) is 10.0 Å². The van der Waals surface area contributed by atoms with Crippen LogP contribution in [-0.2, 0) is 4.79 Å². The molecule has 1 aliphatic heterocycles. The number of halogens is 2. The molecule has 1 amide bonds. The van der Waals surface area contributed by atoms with Crippen molar-refractivity contribution in [1.29, 1.82) is 0 Å². The van der Waals surface area contributed by atoms with Crippen molar-refractivity contribution < 1.29 is 4.79 Å². The van der Waals surface area contributed by atoms with Crippen LogP contribution in [0.15, 0.2) is 61.4 Å². The molecule has 25 heavy (non-hydrogen) atoms. The molecule has 0 bridgehead atoms. The number of carbonyl (C=O) groups excluding carboxylic acids is 1. The molecule has 134 valence electrons. The monoisotopic (exact) mass is 378 g/mol. The van der Waals surface area contributed by atoms with Crippen LogP contribution in [-0.4, -0.2) is 10.9 Å². The number of piperidine rings is 1. The third-order valence-electron chi connectivity index (χ3n) is 3.56. The van der Waals surface area contributed by atoms with E-state index in [0.717, 1.165) is 28.5 Å². The number of allylic oxidation sites excluding steroid dienone is 1. The number of rotatable bonds is 1. The van der Waals surface area contributed by atoms with E-state index in [-0.39, 0.29) is 17.9 Å². The minimum Gasteiger partial charge on any atom is -0.349 e. The predicted octanol–water partition coefficient (Wildman–Crippen LogP) is 5.85. The molecule has 2 heterocycles. The number of pyridine rings is 1. The maximum absolute atomic E-state index is 11.5. The zero-order valence-electron chi connectivity index (χ0n) is 14.6. The standard InChI is InChI=1S/C12H14ClNO.C5H4ClN.C3H6/c1-8-2-7-11(14-12(8)15)9-3-5-10(13)6-4-9;6-5-1-3-7-4-2-5;1-3-2/h3-6,8,11H,2,7H2,1H3,(H,14,15);1-4H;3H,1H2,2H3. The molecular weight excluding hydrogens is 355 g/mol. The van der Waals surface area contributed by atoms with Crippen molar-refractivity contribution in [3.8, 4) is 0 Å². The average Bonchev–Trinajstić information content (AvgIpc) is 2.60. The molecule has 1 aliphatic rings. The first-order chi connectivity index (χ1) is 12.0. The largest absolute Gasteiger partial charge is 0.349 e. The number of amides is 1. The van der Waals surface area contributed by atoms with Crippen LogP contribution in [0.4, 0.5) is 0 Å². The lowest BCUT2D eigenvalue weighted by atomic mass is 9.91. The molecule has 0 aliphatic carbocycles. The third-order valence-corrected chi connectivity index (χ3v) is 4.07. The Morgan fingerprint density at radius 2 is 1.60 bits per heavy atom. The molecule has 2 unspecified atom stereocenters. The second-order valence-corrected chi connectivity index (χ2v) is 6.54. The molecule has 0 spiro atoms. The minimum atomic E-state index is 0.147. The lowest BCUT2D eigenvalue weighted by Crippen LogP contribution is -2.37. The zero-order valence-corrected chi connectivity index (χ0v) is 16.1. The van der Waals surface area contributed by atoms with E-state index in [1.54, 1.807) is 30.6 Å². The Hall–Kier alpha value is -1.84. The molecule has 5 heteroatoms. The molecule has 0 saturated carbocycles. The van der Waals surface area contributed by atoms with E-state index >= 15 is 0 Å². The number of nitrogens with zero attached hydrogens (tertiary/aromatic N) is 1. The molecule has 1 aromatic carbocycles. The quantitative estimate of drug-likeness (QED) is 0.631. The van der Waals surface area contributed by atoms with E-state index < -0.39 is 0 Å². The smallest absolute Gasteiger partial charge is 0.223 e. The Morgan fingerprint density at radius 1 is 1.08 bits per heavy atom. The fraction of sp³-hybridized carbons (Fsp3) is 0.300. The normalized spacial score (nSPS) is 18.6. The highest BCUT2D eigenvalue weighted by Gasteiger charge is 2.25. The fourth-order valence-electron chi connectivity index (χ4n) is 2.21. The van der Waals surface area contributed by atoms with Gasteiger partial charge in [-0.25, -0.2) is 0 Å². The molecular formula is C20H24Cl2N2O. The predicted molar refractivity (Wildman–Crippen MR) is 106 cm³/mol. The fourth-order valence-corrected chi connectivity index (χ4v) is 2.45. The van der Waals surface area contributed by atoms with Gasteiger partial charge in [0, 0.05) is 28.4 Å². The zero-order chi connectivity index (χ0) is 18.7. The van der Waals surface area contributed by atoms with Crippen molar-refractivity contribution in [2.24, 2.45) is 5.92 Å². The van der Waals surface area contributed by atoms with Gasteiger partial charge in [-0.3, -0.25) is 9.78 Å². The number of nitrogens with one attached hydrogen (secondary N) is 1. The average molecular weight is 379 g/mol. The minimum absolute atomic E-state index is 0.147. The van der Waals surface area contributed by atoms with E-state index in [1.165, 1.54) is 0 Å². The van der Waals surface area contributed by atoms with E-state index in [9.17, 15) is 4.79 Å². The second kappa shape index (κ2) is 11.7. The van der Waals surface area contributed by atoms with Gasteiger partial charge in [-0.15, -0.1) is 6.58 Å². The van der Waals surface area contributed by atoms with Gasteiger partial charge in [0.2, 0.25) is 5.91 Å². The first-order valence-electron chi connectivity index (χ1n) is 8.16. The van der Waals surface area contributed by atoms with Gasteiger partial charge < -0.3 is 5.32 Å². The first kappa shape index (κ1) is 21.2.